The Kier molecular flexibility index (Phi) is 4.50. The molecule has 4 rings (SSSR count). The van der Waals surface area contributed by atoms with E-state index in [0.29, 0.717) is 34.4 Å². The van der Waals surface area contributed by atoms with Crippen molar-refractivity contribution in [2.45, 2.75) is 19.9 Å². The minimum Gasteiger partial charge on any atom is -0.481 e. The number of aryl methyl sites for hydroxylation is 1. The van der Waals surface area contributed by atoms with Crippen LogP contribution in [-0.4, -0.2) is 39.6 Å². The van der Waals surface area contributed by atoms with Gasteiger partial charge in [-0.05, 0) is 24.6 Å². The minimum atomic E-state index is -1.04. The first kappa shape index (κ1) is 18.6. The predicted octanol–water partition coefficient (Wildman–Crippen LogP) is 2.56. The molecule has 0 spiro atoms. The summed E-state index contributed by atoms with van der Waals surface area (Å²) in [5.41, 5.74) is 9.66. The highest BCUT2D eigenvalue weighted by atomic mass is 16.4. The zero-order valence-electron chi connectivity index (χ0n) is 15.8. The second-order valence-corrected chi connectivity index (χ2v) is 7.12. The van der Waals surface area contributed by atoms with E-state index in [4.69, 9.17) is 5.73 Å². The molecule has 2 heterocycles. The maximum absolute atomic E-state index is 12.8. The van der Waals surface area contributed by atoms with Crippen molar-refractivity contribution in [1.29, 1.82) is 0 Å². The molecule has 7 heteroatoms. The fourth-order valence-electron chi connectivity index (χ4n) is 3.82. The molecule has 0 fully saturated rings. The van der Waals surface area contributed by atoms with Gasteiger partial charge in [-0.3, -0.25) is 19.4 Å². The van der Waals surface area contributed by atoms with Crippen molar-refractivity contribution in [3.63, 3.8) is 0 Å². The highest BCUT2D eigenvalue weighted by Crippen LogP contribution is 2.33. The lowest BCUT2D eigenvalue weighted by Crippen LogP contribution is -2.24. The summed E-state index contributed by atoms with van der Waals surface area (Å²) in [5.74, 6) is -1.93. The highest BCUT2D eigenvalue weighted by Gasteiger charge is 2.31. The van der Waals surface area contributed by atoms with E-state index in [1.165, 1.54) is 0 Å². The van der Waals surface area contributed by atoms with Crippen molar-refractivity contribution >= 4 is 34.3 Å². The summed E-state index contributed by atoms with van der Waals surface area (Å²) in [7, 11) is 0. The van der Waals surface area contributed by atoms with Crippen molar-refractivity contribution in [2.75, 3.05) is 6.54 Å². The molecule has 2 aromatic carbocycles. The number of carboxylic acids is 1. The molecular formula is C22H19N3O4. The lowest BCUT2D eigenvalue weighted by Gasteiger charge is -2.16. The first-order chi connectivity index (χ1) is 13.9. The van der Waals surface area contributed by atoms with Crippen LogP contribution in [-0.2, 0) is 11.3 Å². The molecule has 0 saturated carbocycles. The normalized spacial score (nSPS) is 13.3. The number of aliphatic imine (C=N–C) groups is 1. The van der Waals surface area contributed by atoms with Gasteiger partial charge < -0.3 is 15.4 Å². The number of amides is 1. The number of fused-ring (bicyclic) bond motifs is 3. The maximum atomic E-state index is 12.8. The Morgan fingerprint density at radius 3 is 2.55 bits per heavy atom. The molecule has 1 aliphatic heterocycles. The Hall–Kier alpha value is -3.74. The molecule has 1 aromatic heterocycles. The van der Waals surface area contributed by atoms with E-state index in [0.717, 1.165) is 11.1 Å². The zero-order chi connectivity index (χ0) is 20.7. The van der Waals surface area contributed by atoms with Crippen molar-refractivity contribution < 1.29 is 19.5 Å². The van der Waals surface area contributed by atoms with Crippen LogP contribution < -0.4 is 5.73 Å². The number of Topliss-reactive ketones (excluding diaryl/α,β-unsaturated/α-hetero) is 1. The summed E-state index contributed by atoms with van der Waals surface area (Å²) in [6.45, 7) is 2.25. The Balaban J connectivity index is 2.03. The number of nitrogens with zero attached hydrogens (tertiary/aromatic N) is 2. The molecule has 1 aliphatic rings. The summed E-state index contributed by atoms with van der Waals surface area (Å²) in [6.07, 6.45) is -0.309. The Labute approximate surface area is 166 Å². The quantitative estimate of drug-likeness (QED) is 0.698. The topological polar surface area (TPSA) is 115 Å². The number of aliphatic carboxylic acids is 1. The largest absolute Gasteiger partial charge is 0.481 e. The van der Waals surface area contributed by atoms with Gasteiger partial charge in [-0.1, -0.05) is 35.9 Å². The molecule has 0 unspecified atom stereocenters. The third-order valence-electron chi connectivity index (χ3n) is 5.10. The monoisotopic (exact) mass is 389 g/mol. The number of carbonyl (C=O) groups is 3. The highest BCUT2D eigenvalue weighted by molar-refractivity contribution is 6.26. The van der Waals surface area contributed by atoms with E-state index < -0.39 is 11.9 Å². The van der Waals surface area contributed by atoms with Crippen molar-refractivity contribution in [3.05, 3.63) is 70.4 Å². The summed E-state index contributed by atoms with van der Waals surface area (Å²) < 4.78 is 1.86. The van der Waals surface area contributed by atoms with Gasteiger partial charge in [0.1, 0.15) is 6.54 Å². The number of hydrogen-bond donors (Lipinski definition) is 2. The number of rotatable bonds is 5. The lowest BCUT2D eigenvalue weighted by atomic mass is 9.96. The molecule has 3 aromatic rings. The second-order valence-electron chi connectivity index (χ2n) is 7.12. The van der Waals surface area contributed by atoms with E-state index in [1.807, 2.05) is 35.8 Å². The third kappa shape index (κ3) is 3.20. The molecule has 146 valence electrons. The van der Waals surface area contributed by atoms with E-state index >= 15 is 0 Å². The van der Waals surface area contributed by atoms with Gasteiger partial charge in [-0.25, -0.2) is 0 Å². The van der Waals surface area contributed by atoms with Gasteiger partial charge in [0.15, 0.2) is 5.78 Å². The molecule has 29 heavy (non-hydrogen) atoms. The molecule has 1 amide bonds. The minimum absolute atomic E-state index is 0.146. The molecule has 0 radical (unpaired) electrons. The number of hydrogen-bond acceptors (Lipinski definition) is 4. The van der Waals surface area contributed by atoms with E-state index in [-0.39, 0.29) is 24.3 Å². The van der Waals surface area contributed by atoms with Crippen LogP contribution in [0.25, 0.3) is 10.9 Å². The van der Waals surface area contributed by atoms with Gasteiger partial charge >= 0.3 is 5.97 Å². The maximum Gasteiger partial charge on any atom is 0.309 e. The van der Waals surface area contributed by atoms with Crippen LogP contribution in [0.4, 0.5) is 0 Å². The van der Waals surface area contributed by atoms with Crippen LogP contribution in [0.5, 0.6) is 0 Å². The average molecular weight is 389 g/mol. The fraction of sp³-hybridized carbons (Fsp3) is 0.182. The smallest absolute Gasteiger partial charge is 0.309 e. The molecular weight excluding hydrogens is 370 g/mol. The van der Waals surface area contributed by atoms with Gasteiger partial charge in [0.2, 0.25) is 5.91 Å². The van der Waals surface area contributed by atoms with Crippen LogP contribution in [0.15, 0.2) is 47.5 Å². The molecule has 0 aliphatic carbocycles. The zero-order valence-corrected chi connectivity index (χ0v) is 15.8. The Bertz CT molecular complexity index is 1200. The van der Waals surface area contributed by atoms with E-state index in [1.54, 1.807) is 18.2 Å². The summed E-state index contributed by atoms with van der Waals surface area (Å²) in [5, 5.41) is 9.80. The number of carboxylic acid groups (broad SMARTS) is 1. The standard InChI is InChI=1S/C22H19N3O4/c1-12-5-7-13(8-6-12)11-25-16-4-2-3-14(22(23)29)19(16)20-17(26)10-24-15(21(20)25)9-18(27)28/h2-8H,9-11H2,1H3,(H2,23,29)(H,27,28). The molecule has 0 atom stereocenters. The summed E-state index contributed by atoms with van der Waals surface area (Å²) in [4.78, 5) is 40.5. The third-order valence-corrected chi connectivity index (χ3v) is 5.10. The van der Waals surface area contributed by atoms with Crippen LogP contribution in [0, 0.1) is 6.92 Å². The number of nitrogens with two attached hydrogens (primary N) is 1. The number of carbonyl (C=O) groups excluding carboxylic acids is 2. The Morgan fingerprint density at radius 1 is 1.17 bits per heavy atom. The number of primary amides is 1. The predicted molar refractivity (Wildman–Crippen MR) is 109 cm³/mol. The van der Waals surface area contributed by atoms with Gasteiger partial charge in [0, 0.05) is 17.5 Å². The van der Waals surface area contributed by atoms with Gasteiger partial charge in [-0.15, -0.1) is 0 Å². The van der Waals surface area contributed by atoms with Crippen molar-refractivity contribution in [3.8, 4) is 0 Å². The number of benzene rings is 2. The number of aromatic nitrogens is 1. The van der Waals surface area contributed by atoms with Gasteiger partial charge in [-0.2, -0.15) is 0 Å². The van der Waals surface area contributed by atoms with Crippen molar-refractivity contribution in [1.82, 2.24) is 4.57 Å². The molecule has 0 saturated heterocycles. The van der Waals surface area contributed by atoms with Crippen LogP contribution in [0.1, 0.15) is 44.0 Å². The second kappa shape index (κ2) is 7.01. The first-order valence-electron chi connectivity index (χ1n) is 9.16. The number of ketones is 1. The SMILES string of the molecule is Cc1ccc(Cn2c3c(c4c(C(N)=O)cccc42)C(=O)CN=C3CC(=O)O)cc1. The van der Waals surface area contributed by atoms with Gasteiger partial charge in [0.25, 0.3) is 0 Å². The van der Waals surface area contributed by atoms with Crippen LogP contribution in [0.3, 0.4) is 0 Å². The van der Waals surface area contributed by atoms with Crippen molar-refractivity contribution in [2.24, 2.45) is 10.7 Å². The fourth-order valence-corrected chi connectivity index (χ4v) is 3.82. The van der Waals surface area contributed by atoms with E-state index in [9.17, 15) is 19.5 Å². The van der Waals surface area contributed by atoms with Crippen LogP contribution >= 0.6 is 0 Å². The van der Waals surface area contributed by atoms with Gasteiger partial charge in [0.05, 0.1) is 28.9 Å². The average Bonchev–Trinajstić information content (AvgIpc) is 3.01. The first-order valence-corrected chi connectivity index (χ1v) is 9.16. The Morgan fingerprint density at radius 2 is 1.90 bits per heavy atom. The van der Waals surface area contributed by atoms with Crippen LogP contribution in [0.2, 0.25) is 0 Å². The molecule has 0 bridgehead atoms. The summed E-state index contributed by atoms with van der Waals surface area (Å²) >= 11 is 0. The summed E-state index contributed by atoms with van der Waals surface area (Å²) in [6, 6.07) is 13.0. The molecule has 7 nitrogen and oxygen atoms in total. The molecule has 3 N–H and O–H groups in total. The van der Waals surface area contributed by atoms with E-state index in [2.05, 4.69) is 4.99 Å². The lowest BCUT2D eigenvalue weighted by molar-refractivity contribution is -0.135.